The van der Waals surface area contributed by atoms with E-state index in [2.05, 4.69) is 14.9 Å². The number of nitrogens with one attached hydrogen (secondary N) is 2. The van der Waals surface area contributed by atoms with Crippen LogP contribution < -0.4 is 10.0 Å². The maximum Gasteiger partial charge on any atom is 0.240 e. The van der Waals surface area contributed by atoms with Crippen molar-refractivity contribution in [3.63, 3.8) is 0 Å². The van der Waals surface area contributed by atoms with Gasteiger partial charge in [-0.3, -0.25) is 9.69 Å². The number of sulfonamides is 1. The molecule has 2 saturated heterocycles. The van der Waals surface area contributed by atoms with E-state index < -0.39 is 25.9 Å². The molecule has 2 fully saturated rings. The van der Waals surface area contributed by atoms with Crippen molar-refractivity contribution in [2.75, 3.05) is 31.1 Å². The number of hydrogen-bond acceptors (Lipinski definition) is 6. The average Bonchev–Trinajstić information content (AvgIpc) is 3.24. The molecule has 1 aromatic rings. The van der Waals surface area contributed by atoms with E-state index in [9.17, 15) is 21.6 Å². The number of carbonyl (C=O) groups is 1. The Morgan fingerprint density at radius 2 is 1.83 bits per heavy atom. The van der Waals surface area contributed by atoms with E-state index >= 15 is 0 Å². The standard InChI is InChI=1S/C19H29N3O5S2/c1-14-5-6-16(11-15(14)2)29(26,27)20-8-7-19(23)21-17-12-28(24,25)13-18(17)22-9-3-4-10-22/h5-6,11,17-18,20H,3-4,7-10,12-13H2,1-2H3,(H,21,23)/t17-,18+/m1/s1. The summed E-state index contributed by atoms with van der Waals surface area (Å²) in [7, 11) is -6.88. The Hall–Kier alpha value is -1.49. The molecule has 1 amide bonds. The average molecular weight is 444 g/mol. The lowest BCUT2D eigenvalue weighted by atomic mass is 10.1. The Morgan fingerprint density at radius 1 is 1.14 bits per heavy atom. The zero-order chi connectivity index (χ0) is 21.2. The number of benzene rings is 1. The Morgan fingerprint density at radius 3 is 2.48 bits per heavy atom. The molecule has 0 aliphatic carbocycles. The maximum absolute atomic E-state index is 12.4. The van der Waals surface area contributed by atoms with Crippen LogP contribution in [0.25, 0.3) is 0 Å². The van der Waals surface area contributed by atoms with Crippen LogP contribution in [0.15, 0.2) is 23.1 Å². The fourth-order valence-electron chi connectivity index (χ4n) is 3.94. The third kappa shape index (κ3) is 5.56. The van der Waals surface area contributed by atoms with Gasteiger partial charge in [-0.1, -0.05) is 6.07 Å². The largest absolute Gasteiger partial charge is 0.351 e. The number of sulfone groups is 1. The second-order valence-corrected chi connectivity index (χ2v) is 11.9. The lowest BCUT2D eigenvalue weighted by Gasteiger charge is -2.28. The van der Waals surface area contributed by atoms with E-state index in [-0.39, 0.29) is 41.3 Å². The second kappa shape index (κ2) is 8.71. The highest BCUT2D eigenvalue weighted by Gasteiger charge is 2.42. The third-order valence-electron chi connectivity index (χ3n) is 5.71. The third-order valence-corrected chi connectivity index (χ3v) is 8.89. The van der Waals surface area contributed by atoms with Gasteiger partial charge in [-0.25, -0.2) is 21.6 Å². The highest BCUT2D eigenvalue weighted by molar-refractivity contribution is 7.91. The van der Waals surface area contributed by atoms with Gasteiger partial charge in [-0.15, -0.1) is 0 Å². The van der Waals surface area contributed by atoms with Gasteiger partial charge in [-0.2, -0.15) is 0 Å². The van der Waals surface area contributed by atoms with Gasteiger partial charge in [-0.05, 0) is 63.0 Å². The molecule has 0 unspecified atom stereocenters. The predicted octanol–water partition coefficient (Wildman–Crippen LogP) is 0.349. The number of nitrogens with zero attached hydrogens (tertiary/aromatic N) is 1. The van der Waals surface area contributed by atoms with Crippen LogP contribution in [0.1, 0.15) is 30.4 Å². The van der Waals surface area contributed by atoms with Gasteiger partial charge in [0.2, 0.25) is 15.9 Å². The first-order chi connectivity index (χ1) is 13.6. The van der Waals surface area contributed by atoms with Gasteiger partial charge in [0.25, 0.3) is 0 Å². The number of carbonyl (C=O) groups excluding carboxylic acids is 1. The number of aryl methyl sites for hydroxylation is 2. The fraction of sp³-hybridized carbons (Fsp3) is 0.632. The highest BCUT2D eigenvalue weighted by Crippen LogP contribution is 2.22. The Bertz CT molecular complexity index is 970. The number of likely N-dealkylation sites (tertiary alicyclic amines) is 1. The van der Waals surface area contributed by atoms with Gasteiger partial charge in [0.05, 0.1) is 22.4 Å². The fourth-order valence-corrected chi connectivity index (χ4v) is 7.01. The van der Waals surface area contributed by atoms with Crippen molar-refractivity contribution in [2.24, 2.45) is 0 Å². The molecule has 0 bridgehead atoms. The molecule has 0 saturated carbocycles. The molecule has 0 aromatic heterocycles. The van der Waals surface area contributed by atoms with Gasteiger partial charge >= 0.3 is 0 Å². The van der Waals surface area contributed by atoms with Gasteiger partial charge in [0.1, 0.15) is 0 Å². The molecule has 0 radical (unpaired) electrons. The molecule has 2 aliphatic heterocycles. The van der Waals surface area contributed by atoms with Gasteiger partial charge < -0.3 is 5.32 Å². The monoisotopic (exact) mass is 443 g/mol. The normalized spacial score (nSPS) is 24.6. The van der Waals surface area contributed by atoms with E-state index in [4.69, 9.17) is 0 Å². The summed E-state index contributed by atoms with van der Waals surface area (Å²) in [4.78, 5) is 14.6. The number of rotatable bonds is 7. The molecule has 3 rings (SSSR count). The lowest BCUT2D eigenvalue weighted by Crippen LogP contribution is -2.50. The molecule has 2 atom stereocenters. The van der Waals surface area contributed by atoms with Crippen molar-refractivity contribution in [1.29, 1.82) is 0 Å². The highest BCUT2D eigenvalue weighted by atomic mass is 32.2. The van der Waals surface area contributed by atoms with Crippen molar-refractivity contribution in [3.05, 3.63) is 29.3 Å². The predicted molar refractivity (Wildman–Crippen MR) is 111 cm³/mol. The van der Waals surface area contributed by atoms with Crippen molar-refractivity contribution >= 4 is 25.8 Å². The van der Waals surface area contributed by atoms with Crippen LogP contribution in [0.2, 0.25) is 0 Å². The molecule has 0 spiro atoms. The first-order valence-corrected chi connectivity index (χ1v) is 13.2. The molecule has 8 nitrogen and oxygen atoms in total. The van der Waals surface area contributed by atoms with Crippen LogP contribution in [0.4, 0.5) is 0 Å². The summed E-state index contributed by atoms with van der Waals surface area (Å²) >= 11 is 0. The van der Waals surface area contributed by atoms with E-state index in [1.807, 2.05) is 13.8 Å². The maximum atomic E-state index is 12.4. The number of hydrogen-bond donors (Lipinski definition) is 2. The van der Waals surface area contributed by atoms with Crippen molar-refractivity contribution in [1.82, 2.24) is 14.9 Å². The summed E-state index contributed by atoms with van der Waals surface area (Å²) < 4.78 is 51.4. The minimum Gasteiger partial charge on any atom is -0.351 e. The van der Waals surface area contributed by atoms with E-state index in [0.29, 0.717) is 0 Å². The first-order valence-electron chi connectivity index (χ1n) is 9.88. The molecule has 10 heteroatoms. The van der Waals surface area contributed by atoms with Crippen LogP contribution in [-0.2, 0) is 24.7 Å². The second-order valence-electron chi connectivity index (χ2n) is 7.96. The van der Waals surface area contributed by atoms with E-state index in [1.54, 1.807) is 12.1 Å². The molecule has 2 heterocycles. The molecule has 29 heavy (non-hydrogen) atoms. The summed E-state index contributed by atoms with van der Waals surface area (Å²) in [5, 5.41) is 2.81. The minimum absolute atomic E-state index is 0.0467. The zero-order valence-electron chi connectivity index (χ0n) is 16.8. The van der Waals surface area contributed by atoms with Crippen LogP contribution in [-0.4, -0.2) is 70.9 Å². The van der Waals surface area contributed by atoms with Crippen LogP contribution in [0, 0.1) is 13.8 Å². The Balaban J connectivity index is 1.54. The lowest BCUT2D eigenvalue weighted by molar-refractivity contribution is -0.121. The van der Waals surface area contributed by atoms with Crippen molar-refractivity contribution in [3.8, 4) is 0 Å². The molecule has 162 valence electrons. The zero-order valence-corrected chi connectivity index (χ0v) is 18.5. The quantitative estimate of drug-likeness (QED) is 0.629. The summed E-state index contributed by atoms with van der Waals surface area (Å²) in [5.41, 5.74) is 1.88. The molecule has 1 aromatic carbocycles. The number of amides is 1. The SMILES string of the molecule is Cc1ccc(S(=O)(=O)NCCC(=O)N[C@@H]2CS(=O)(=O)C[C@@H]2N2CCCC2)cc1C. The minimum atomic E-state index is -3.70. The summed E-state index contributed by atoms with van der Waals surface area (Å²) in [6, 6.07) is 4.24. The van der Waals surface area contributed by atoms with Crippen LogP contribution >= 0.6 is 0 Å². The smallest absolute Gasteiger partial charge is 0.240 e. The van der Waals surface area contributed by atoms with E-state index in [1.165, 1.54) is 6.07 Å². The van der Waals surface area contributed by atoms with Crippen molar-refractivity contribution < 1.29 is 21.6 Å². The van der Waals surface area contributed by atoms with Crippen LogP contribution in [0.3, 0.4) is 0 Å². The summed E-state index contributed by atoms with van der Waals surface area (Å²) in [5.74, 6) is -0.342. The van der Waals surface area contributed by atoms with Gasteiger partial charge in [0.15, 0.2) is 9.84 Å². The summed E-state index contributed by atoms with van der Waals surface area (Å²) in [6.45, 7) is 5.40. The summed E-state index contributed by atoms with van der Waals surface area (Å²) in [6.07, 6.45) is 2.03. The Labute approximate surface area is 173 Å². The molecule has 2 N–H and O–H groups in total. The molecule has 2 aliphatic rings. The molecular weight excluding hydrogens is 414 g/mol. The van der Waals surface area contributed by atoms with Crippen LogP contribution in [0.5, 0.6) is 0 Å². The van der Waals surface area contributed by atoms with E-state index in [0.717, 1.165) is 37.1 Å². The first kappa shape index (κ1) is 22.2. The van der Waals surface area contributed by atoms with Gasteiger partial charge in [0, 0.05) is 19.0 Å². The Kier molecular flexibility index (Phi) is 6.67. The topological polar surface area (TPSA) is 113 Å². The molecular formula is C19H29N3O5S2. The van der Waals surface area contributed by atoms with Crippen molar-refractivity contribution in [2.45, 2.75) is 50.1 Å².